The van der Waals surface area contributed by atoms with Crippen LogP contribution in [0.5, 0.6) is 0 Å². The first-order valence-corrected chi connectivity index (χ1v) is 8.45. The highest BCUT2D eigenvalue weighted by Crippen LogP contribution is 2.28. The van der Waals surface area contributed by atoms with Gasteiger partial charge in [0.1, 0.15) is 5.84 Å². The molecule has 2 rings (SSSR count). The van der Waals surface area contributed by atoms with Gasteiger partial charge in [0, 0.05) is 6.54 Å². The van der Waals surface area contributed by atoms with Crippen LogP contribution in [0.15, 0.2) is 0 Å². The summed E-state index contributed by atoms with van der Waals surface area (Å²) in [6, 6.07) is -0.390. The molecule has 1 aliphatic carbocycles. The lowest BCUT2D eigenvalue weighted by Crippen LogP contribution is -2.45. The van der Waals surface area contributed by atoms with Gasteiger partial charge in [0.05, 0.1) is 11.8 Å². The molecule has 0 amide bonds. The van der Waals surface area contributed by atoms with Gasteiger partial charge >= 0.3 is 0 Å². The summed E-state index contributed by atoms with van der Waals surface area (Å²) in [5, 5.41) is 7.49. The van der Waals surface area contributed by atoms with Crippen molar-refractivity contribution >= 4 is 15.9 Å². The quantitative estimate of drug-likeness (QED) is 0.598. The van der Waals surface area contributed by atoms with E-state index in [1.54, 1.807) is 0 Å². The Labute approximate surface area is 109 Å². The summed E-state index contributed by atoms with van der Waals surface area (Å²) in [6.45, 7) is 0.527. The second-order valence-electron chi connectivity index (χ2n) is 5.51. The Balaban J connectivity index is 2.03. The van der Waals surface area contributed by atoms with Crippen LogP contribution in [0.3, 0.4) is 0 Å². The van der Waals surface area contributed by atoms with Crippen molar-refractivity contribution in [1.82, 2.24) is 4.31 Å². The summed E-state index contributed by atoms with van der Waals surface area (Å²) in [7, 11) is -3.24. The molecular weight excluding hydrogens is 250 g/mol. The normalized spacial score (nSPS) is 27.4. The van der Waals surface area contributed by atoms with Gasteiger partial charge in [-0.05, 0) is 31.6 Å². The molecule has 0 aromatic carbocycles. The number of nitrogens with one attached hydrogen (secondary N) is 1. The molecule has 1 saturated carbocycles. The van der Waals surface area contributed by atoms with Crippen LogP contribution in [0.2, 0.25) is 0 Å². The minimum absolute atomic E-state index is 0.0141. The van der Waals surface area contributed by atoms with Crippen molar-refractivity contribution in [2.24, 2.45) is 11.7 Å². The van der Waals surface area contributed by atoms with Crippen LogP contribution in [0.1, 0.15) is 44.9 Å². The zero-order chi connectivity index (χ0) is 13.2. The van der Waals surface area contributed by atoms with Crippen LogP contribution in [0, 0.1) is 11.3 Å². The van der Waals surface area contributed by atoms with Gasteiger partial charge in [0.25, 0.3) is 0 Å². The monoisotopic (exact) mass is 273 g/mol. The summed E-state index contributed by atoms with van der Waals surface area (Å²) < 4.78 is 26.2. The van der Waals surface area contributed by atoms with E-state index in [0.29, 0.717) is 18.9 Å². The van der Waals surface area contributed by atoms with Gasteiger partial charge in [-0.15, -0.1) is 0 Å². The fourth-order valence-electron chi connectivity index (χ4n) is 3.13. The van der Waals surface area contributed by atoms with Gasteiger partial charge in [0.15, 0.2) is 0 Å². The van der Waals surface area contributed by atoms with E-state index < -0.39 is 16.1 Å². The zero-order valence-corrected chi connectivity index (χ0v) is 11.6. The minimum Gasteiger partial charge on any atom is -0.386 e. The molecule has 2 aliphatic rings. The van der Waals surface area contributed by atoms with Gasteiger partial charge in [-0.3, -0.25) is 5.41 Å². The zero-order valence-electron chi connectivity index (χ0n) is 10.8. The van der Waals surface area contributed by atoms with E-state index in [9.17, 15) is 8.42 Å². The van der Waals surface area contributed by atoms with Crippen LogP contribution in [0.4, 0.5) is 0 Å². The lowest BCUT2D eigenvalue weighted by atomic mass is 9.91. The maximum atomic E-state index is 12.4. The molecule has 1 heterocycles. The Kier molecular flexibility index (Phi) is 4.27. The third-order valence-electron chi connectivity index (χ3n) is 4.09. The number of nitrogens with two attached hydrogens (primary N) is 1. The smallest absolute Gasteiger partial charge is 0.215 e. The highest BCUT2D eigenvalue weighted by molar-refractivity contribution is 7.89. The lowest BCUT2D eigenvalue weighted by Gasteiger charge is -2.27. The summed E-state index contributed by atoms with van der Waals surface area (Å²) in [5.74, 6) is 0.535. The van der Waals surface area contributed by atoms with Crippen molar-refractivity contribution in [3.63, 3.8) is 0 Å². The number of hydrogen-bond acceptors (Lipinski definition) is 3. The molecule has 0 radical (unpaired) electrons. The van der Waals surface area contributed by atoms with E-state index in [1.165, 1.54) is 10.7 Å². The number of sulfonamides is 1. The largest absolute Gasteiger partial charge is 0.386 e. The van der Waals surface area contributed by atoms with Gasteiger partial charge < -0.3 is 5.73 Å². The molecule has 0 aromatic rings. The molecule has 1 unspecified atom stereocenters. The Morgan fingerprint density at radius 2 is 1.83 bits per heavy atom. The molecule has 5 nitrogen and oxygen atoms in total. The fraction of sp³-hybridized carbons (Fsp3) is 0.917. The SMILES string of the molecule is N=C(N)C1CCCN1S(=O)(=O)CC1CCCCC1. The minimum atomic E-state index is -3.24. The van der Waals surface area contributed by atoms with Crippen molar-refractivity contribution in [3.05, 3.63) is 0 Å². The molecule has 6 heteroatoms. The van der Waals surface area contributed by atoms with Crippen molar-refractivity contribution < 1.29 is 8.42 Å². The van der Waals surface area contributed by atoms with Crippen molar-refractivity contribution in [3.8, 4) is 0 Å². The average molecular weight is 273 g/mol. The number of nitrogens with zero attached hydrogens (tertiary/aromatic N) is 1. The van der Waals surface area contributed by atoms with Gasteiger partial charge in [-0.25, -0.2) is 8.42 Å². The summed E-state index contributed by atoms with van der Waals surface area (Å²) in [5.41, 5.74) is 5.50. The molecule has 0 bridgehead atoms. The first kappa shape index (κ1) is 13.8. The number of rotatable bonds is 4. The topological polar surface area (TPSA) is 87.2 Å². The van der Waals surface area contributed by atoms with E-state index in [4.69, 9.17) is 11.1 Å². The highest BCUT2D eigenvalue weighted by Gasteiger charge is 2.37. The van der Waals surface area contributed by atoms with E-state index in [-0.39, 0.29) is 11.6 Å². The molecule has 3 N–H and O–H groups in total. The molecule has 104 valence electrons. The summed E-state index contributed by atoms with van der Waals surface area (Å²) in [6.07, 6.45) is 7.09. The predicted molar refractivity (Wildman–Crippen MR) is 72.0 cm³/mol. The molecular formula is C12H23N3O2S. The Morgan fingerprint density at radius 3 is 2.44 bits per heavy atom. The Morgan fingerprint density at radius 1 is 1.17 bits per heavy atom. The maximum absolute atomic E-state index is 12.4. The van der Waals surface area contributed by atoms with E-state index >= 15 is 0 Å². The molecule has 1 aliphatic heterocycles. The van der Waals surface area contributed by atoms with Crippen molar-refractivity contribution in [2.75, 3.05) is 12.3 Å². The van der Waals surface area contributed by atoms with Crippen LogP contribution >= 0.6 is 0 Å². The third kappa shape index (κ3) is 3.03. The molecule has 18 heavy (non-hydrogen) atoms. The maximum Gasteiger partial charge on any atom is 0.215 e. The van der Waals surface area contributed by atoms with E-state index in [1.807, 2.05) is 0 Å². The Hall–Kier alpha value is -0.620. The highest BCUT2D eigenvalue weighted by atomic mass is 32.2. The average Bonchev–Trinajstić information content (AvgIpc) is 2.79. The number of hydrogen-bond donors (Lipinski definition) is 2. The molecule has 1 saturated heterocycles. The van der Waals surface area contributed by atoms with Gasteiger partial charge in [-0.1, -0.05) is 19.3 Å². The predicted octanol–water partition coefficient (Wildman–Crippen LogP) is 1.30. The first-order valence-electron chi connectivity index (χ1n) is 6.84. The van der Waals surface area contributed by atoms with Gasteiger partial charge in [-0.2, -0.15) is 4.31 Å². The summed E-state index contributed by atoms with van der Waals surface area (Å²) >= 11 is 0. The molecule has 0 spiro atoms. The van der Waals surface area contributed by atoms with Crippen LogP contribution in [-0.4, -0.2) is 36.9 Å². The number of amidine groups is 1. The van der Waals surface area contributed by atoms with Crippen molar-refractivity contribution in [2.45, 2.75) is 51.0 Å². The van der Waals surface area contributed by atoms with Crippen LogP contribution in [0.25, 0.3) is 0 Å². The Bertz CT molecular complexity index is 402. The second kappa shape index (κ2) is 5.57. The molecule has 2 fully saturated rings. The van der Waals surface area contributed by atoms with Gasteiger partial charge in [0.2, 0.25) is 10.0 Å². The van der Waals surface area contributed by atoms with Crippen LogP contribution < -0.4 is 5.73 Å². The standard InChI is InChI=1S/C12H23N3O2S/c13-12(14)11-7-4-8-15(11)18(16,17)9-10-5-2-1-3-6-10/h10-11H,1-9H2,(H3,13,14). The first-order chi connectivity index (χ1) is 8.50. The van der Waals surface area contributed by atoms with Crippen LogP contribution in [-0.2, 0) is 10.0 Å². The lowest BCUT2D eigenvalue weighted by molar-refractivity contribution is 0.371. The molecule has 0 aromatic heterocycles. The van der Waals surface area contributed by atoms with Crippen molar-refractivity contribution in [1.29, 1.82) is 5.41 Å². The second-order valence-corrected chi connectivity index (χ2v) is 7.47. The molecule has 1 atom stereocenters. The fourth-order valence-corrected chi connectivity index (χ4v) is 5.27. The summed E-state index contributed by atoms with van der Waals surface area (Å²) in [4.78, 5) is 0. The third-order valence-corrected chi connectivity index (χ3v) is 6.14. The van der Waals surface area contributed by atoms with E-state index in [2.05, 4.69) is 0 Å². The van der Waals surface area contributed by atoms with E-state index in [0.717, 1.165) is 32.1 Å².